The van der Waals surface area contributed by atoms with Gasteiger partial charge in [-0.25, -0.2) is 14.0 Å². The Kier molecular flexibility index (Phi) is 6.50. The number of alkyl halides is 5. The number of aromatic nitrogens is 6. The molecule has 0 unspecified atom stereocenters. The van der Waals surface area contributed by atoms with Gasteiger partial charge in [0, 0.05) is 24.0 Å². The highest BCUT2D eigenvalue weighted by Crippen LogP contribution is 2.32. The normalized spacial score (nSPS) is 11.8. The first kappa shape index (κ1) is 25.8. The molecule has 3 aromatic heterocycles. The first-order valence-corrected chi connectivity index (χ1v) is 11.4. The smallest absolute Gasteiger partial charge is 0.416 e. The summed E-state index contributed by atoms with van der Waals surface area (Å²) in [6.45, 7) is -1.13. The first-order valence-electron chi connectivity index (χ1n) is 11.4. The van der Waals surface area contributed by atoms with Crippen molar-refractivity contribution in [3.8, 4) is 39.6 Å². The molecule has 3 heterocycles. The van der Waals surface area contributed by atoms with Crippen molar-refractivity contribution in [3.63, 3.8) is 0 Å². The third kappa shape index (κ3) is 5.02. The monoisotopic (exact) mass is 542 g/mol. The molecule has 8 nitrogen and oxygen atoms in total. The van der Waals surface area contributed by atoms with E-state index in [1.165, 1.54) is 53.3 Å². The highest BCUT2D eigenvalue weighted by atomic mass is 19.4. The minimum Gasteiger partial charge on any atom is -0.494 e. The highest BCUT2D eigenvalue weighted by molar-refractivity contribution is 5.67. The predicted molar refractivity (Wildman–Crippen MR) is 131 cm³/mol. The largest absolute Gasteiger partial charge is 0.494 e. The lowest BCUT2D eigenvalue weighted by Gasteiger charge is -2.14. The fourth-order valence-corrected chi connectivity index (χ4v) is 4.04. The average Bonchev–Trinajstić information content (AvgIpc) is 3.56. The van der Waals surface area contributed by atoms with Crippen molar-refractivity contribution in [1.82, 2.24) is 29.3 Å². The number of hydrogen-bond acceptors (Lipinski definition) is 5. The van der Waals surface area contributed by atoms with E-state index < -0.39 is 23.7 Å². The van der Waals surface area contributed by atoms with Crippen molar-refractivity contribution >= 4 is 0 Å². The highest BCUT2D eigenvalue weighted by Gasteiger charge is 2.31. The van der Waals surface area contributed by atoms with Gasteiger partial charge in [-0.2, -0.15) is 37.2 Å². The molecule has 39 heavy (non-hydrogen) atoms. The average molecular weight is 542 g/mol. The van der Waals surface area contributed by atoms with Crippen LogP contribution in [0, 0.1) is 6.92 Å². The molecule has 5 rings (SSSR count). The van der Waals surface area contributed by atoms with Crippen LogP contribution in [0.2, 0.25) is 0 Å². The Morgan fingerprint density at radius 1 is 0.974 bits per heavy atom. The standard InChI is InChI=1S/C26H19F5N6O2/c1-15-10-21(37(33-15)19-5-3-4-18(12-19)26(29,30)31)24-22(38)8-9-35(34-24)20-7-6-16(11-23(20)39-2)17-13-32-36(14-17)25(27)28/h3-14,25H,1-2H3. The molecule has 0 bridgehead atoms. The van der Waals surface area contributed by atoms with E-state index in [4.69, 9.17) is 4.74 Å². The van der Waals surface area contributed by atoms with Crippen LogP contribution in [0.5, 0.6) is 5.75 Å². The maximum atomic E-state index is 13.3. The second-order valence-corrected chi connectivity index (χ2v) is 8.48. The van der Waals surface area contributed by atoms with Crippen molar-refractivity contribution < 1.29 is 26.7 Å². The summed E-state index contributed by atoms with van der Waals surface area (Å²) in [4.78, 5) is 12.9. The lowest BCUT2D eigenvalue weighted by molar-refractivity contribution is -0.137. The van der Waals surface area contributed by atoms with Gasteiger partial charge in [0.25, 0.3) is 0 Å². The van der Waals surface area contributed by atoms with Crippen LogP contribution in [0.25, 0.3) is 33.9 Å². The summed E-state index contributed by atoms with van der Waals surface area (Å²) in [7, 11) is 1.42. The molecular formula is C26H19F5N6O2. The van der Waals surface area contributed by atoms with Crippen molar-refractivity contribution in [2.24, 2.45) is 0 Å². The van der Waals surface area contributed by atoms with Crippen LogP contribution in [0.1, 0.15) is 17.8 Å². The number of nitrogens with zero attached hydrogens (tertiary/aromatic N) is 6. The molecule has 200 valence electrons. The molecule has 0 fully saturated rings. The van der Waals surface area contributed by atoms with Gasteiger partial charge in [0.15, 0.2) is 5.69 Å². The summed E-state index contributed by atoms with van der Waals surface area (Å²) in [6.07, 6.45) is -0.646. The van der Waals surface area contributed by atoms with Crippen LogP contribution in [0.4, 0.5) is 22.0 Å². The lowest BCUT2D eigenvalue weighted by atomic mass is 10.1. The van der Waals surface area contributed by atoms with E-state index in [2.05, 4.69) is 15.3 Å². The van der Waals surface area contributed by atoms with Crippen molar-refractivity contribution in [3.05, 3.63) is 94.7 Å². The summed E-state index contributed by atoms with van der Waals surface area (Å²) >= 11 is 0. The lowest BCUT2D eigenvalue weighted by Crippen LogP contribution is -2.15. The zero-order valence-electron chi connectivity index (χ0n) is 20.4. The molecule has 0 saturated heterocycles. The Hall–Kier alpha value is -4.81. The molecule has 0 N–H and O–H groups in total. The second kappa shape index (κ2) is 9.82. The summed E-state index contributed by atoms with van der Waals surface area (Å²) in [5.41, 5.74) is 0.791. The number of hydrogen-bond donors (Lipinski definition) is 0. The van der Waals surface area contributed by atoms with Gasteiger partial charge in [-0.3, -0.25) is 4.79 Å². The Labute approximate surface area is 217 Å². The number of aryl methyl sites for hydroxylation is 1. The van der Waals surface area contributed by atoms with E-state index >= 15 is 0 Å². The van der Waals surface area contributed by atoms with E-state index in [9.17, 15) is 26.7 Å². The third-order valence-electron chi connectivity index (χ3n) is 5.86. The number of rotatable bonds is 6. The predicted octanol–water partition coefficient (Wildman–Crippen LogP) is 5.68. The molecule has 0 spiro atoms. The van der Waals surface area contributed by atoms with E-state index in [-0.39, 0.29) is 17.1 Å². The zero-order chi connectivity index (χ0) is 27.9. The van der Waals surface area contributed by atoms with Gasteiger partial charge < -0.3 is 4.74 Å². The molecule has 13 heteroatoms. The quantitative estimate of drug-likeness (QED) is 0.258. The third-order valence-corrected chi connectivity index (χ3v) is 5.86. The molecular weight excluding hydrogens is 523 g/mol. The molecule has 0 aliphatic heterocycles. The van der Waals surface area contributed by atoms with Crippen LogP contribution < -0.4 is 10.2 Å². The van der Waals surface area contributed by atoms with Crippen LogP contribution in [-0.4, -0.2) is 36.5 Å². The van der Waals surface area contributed by atoms with E-state index in [1.54, 1.807) is 31.2 Å². The molecule has 0 amide bonds. The Morgan fingerprint density at radius 3 is 2.46 bits per heavy atom. The fraction of sp³-hybridized carbons (Fsp3) is 0.154. The molecule has 2 aromatic carbocycles. The minimum atomic E-state index is -4.56. The van der Waals surface area contributed by atoms with Crippen molar-refractivity contribution in [1.29, 1.82) is 0 Å². The first-order chi connectivity index (χ1) is 18.5. The Bertz CT molecular complexity index is 1720. The summed E-state index contributed by atoms with van der Waals surface area (Å²) in [6, 6.07) is 12.3. The van der Waals surface area contributed by atoms with E-state index in [0.717, 1.165) is 12.1 Å². The molecule has 0 radical (unpaired) electrons. The number of benzene rings is 2. The topological polar surface area (TPSA) is 79.8 Å². The van der Waals surface area contributed by atoms with Crippen molar-refractivity contribution in [2.75, 3.05) is 7.11 Å². The second-order valence-electron chi connectivity index (χ2n) is 8.48. The molecule has 0 aliphatic rings. The number of ether oxygens (including phenoxy) is 1. The minimum absolute atomic E-state index is 0.0557. The summed E-state index contributed by atoms with van der Waals surface area (Å²) in [5, 5.41) is 12.4. The van der Waals surface area contributed by atoms with Gasteiger partial charge in [-0.05, 0) is 48.9 Å². The van der Waals surface area contributed by atoms with Gasteiger partial charge in [-0.1, -0.05) is 12.1 Å². The summed E-state index contributed by atoms with van der Waals surface area (Å²) in [5.74, 6) is 0.321. The van der Waals surface area contributed by atoms with Crippen LogP contribution in [-0.2, 0) is 6.18 Å². The van der Waals surface area contributed by atoms with Gasteiger partial charge >= 0.3 is 12.7 Å². The van der Waals surface area contributed by atoms with E-state index in [1.807, 2.05) is 0 Å². The van der Waals surface area contributed by atoms with E-state index in [0.29, 0.717) is 32.9 Å². The van der Waals surface area contributed by atoms with Crippen molar-refractivity contribution in [2.45, 2.75) is 19.6 Å². The SMILES string of the molecule is COc1cc(-c2cnn(C(F)F)c2)ccc1-n1ccc(=O)c(-c2cc(C)nn2-c2cccc(C(F)(F)F)c2)n1. The maximum absolute atomic E-state index is 13.3. The van der Waals surface area contributed by atoms with Gasteiger partial charge in [0.1, 0.15) is 11.4 Å². The number of methoxy groups -OCH3 is 1. The summed E-state index contributed by atoms with van der Waals surface area (Å²) < 4.78 is 74.4. The zero-order valence-corrected chi connectivity index (χ0v) is 20.4. The maximum Gasteiger partial charge on any atom is 0.416 e. The Morgan fingerprint density at radius 2 is 1.77 bits per heavy atom. The molecule has 0 saturated carbocycles. The van der Waals surface area contributed by atoms with Crippen LogP contribution in [0.15, 0.2) is 78.0 Å². The number of halogens is 5. The Balaban J connectivity index is 1.58. The van der Waals surface area contributed by atoms with Gasteiger partial charge in [-0.15, -0.1) is 0 Å². The van der Waals surface area contributed by atoms with Crippen LogP contribution in [0.3, 0.4) is 0 Å². The fourth-order valence-electron chi connectivity index (χ4n) is 4.04. The van der Waals surface area contributed by atoms with Gasteiger partial charge in [0.2, 0.25) is 5.43 Å². The molecule has 0 aliphatic carbocycles. The molecule has 5 aromatic rings. The molecule has 0 atom stereocenters. The van der Waals surface area contributed by atoms with Gasteiger partial charge in [0.05, 0.1) is 35.9 Å². The van der Waals surface area contributed by atoms with Crippen LogP contribution >= 0.6 is 0 Å².